The second kappa shape index (κ2) is 8.70. The quantitative estimate of drug-likeness (QED) is 0.327. The molecule has 0 aromatic heterocycles. The molecule has 1 fully saturated rings. The van der Waals surface area contributed by atoms with Gasteiger partial charge < -0.3 is 4.74 Å². The summed E-state index contributed by atoms with van der Waals surface area (Å²) >= 11 is 0. The van der Waals surface area contributed by atoms with Gasteiger partial charge in [0, 0.05) is 0 Å². The van der Waals surface area contributed by atoms with Crippen LogP contribution in [-0.4, -0.2) is 12.2 Å². The van der Waals surface area contributed by atoms with Crippen molar-refractivity contribution in [1.29, 1.82) is 0 Å². The lowest BCUT2D eigenvalue weighted by Crippen LogP contribution is -2.23. The van der Waals surface area contributed by atoms with Gasteiger partial charge in [-0.05, 0) is 21.7 Å². The maximum Gasteiger partial charge on any atom is 0.0895 e. The molecule has 0 aromatic rings. The fourth-order valence-electron chi connectivity index (χ4n) is 1.93. The van der Waals surface area contributed by atoms with Gasteiger partial charge in [-0.15, -0.1) is 0 Å². The van der Waals surface area contributed by atoms with Gasteiger partial charge in [-0.2, -0.15) is 0 Å². The van der Waals surface area contributed by atoms with Gasteiger partial charge in [-0.1, -0.05) is 110 Å². The zero-order chi connectivity index (χ0) is 17.3. The fourth-order valence-corrected chi connectivity index (χ4v) is 1.93. The van der Waals surface area contributed by atoms with E-state index in [1.807, 2.05) is 0 Å². The first-order valence-corrected chi connectivity index (χ1v) is 8.29. The largest absolute Gasteiger partial charge is 0.368 e. The topological polar surface area (TPSA) is 12.5 Å². The molecule has 0 spiro atoms. The Balaban J connectivity index is -0.000000322. The van der Waals surface area contributed by atoms with E-state index >= 15 is 0 Å². The lowest BCUT2D eigenvalue weighted by Gasteiger charge is -2.19. The Morgan fingerprint density at radius 3 is 0.826 bits per heavy atom. The summed E-state index contributed by atoms with van der Waals surface area (Å²) in [4.78, 5) is 0. The zero-order valence-electron chi connectivity index (χ0n) is 16.7. The van der Waals surface area contributed by atoms with Crippen molar-refractivity contribution >= 4 is 0 Å². The highest BCUT2D eigenvalue weighted by atomic mass is 16.6. The molecule has 2 atom stereocenters. The highest BCUT2D eigenvalue weighted by Gasteiger charge is 2.52. The smallest absolute Gasteiger partial charge is 0.0895 e. The molecule has 0 saturated carbocycles. The van der Waals surface area contributed by atoms with Crippen LogP contribution < -0.4 is 0 Å². The van der Waals surface area contributed by atoms with E-state index in [0.717, 1.165) is 0 Å². The molecule has 23 heavy (non-hydrogen) atoms. The number of ether oxygens (including phenoxy) is 1. The van der Waals surface area contributed by atoms with Gasteiger partial charge in [0.2, 0.25) is 0 Å². The SMILES string of the molecule is C.C.CC(C)(C)/C=C\C(C)(C)C.CC(C)(C)C1OC1C(C)(C)C. The summed E-state index contributed by atoms with van der Waals surface area (Å²) in [5.74, 6) is 0. The molecule has 0 aromatic carbocycles. The van der Waals surface area contributed by atoms with Crippen molar-refractivity contribution < 1.29 is 4.74 Å². The summed E-state index contributed by atoms with van der Waals surface area (Å²) in [6.45, 7) is 26.7. The lowest BCUT2D eigenvalue weighted by atomic mass is 9.81. The van der Waals surface area contributed by atoms with Crippen LogP contribution in [0.15, 0.2) is 12.2 Å². The molecular weight excluding hydrogens is 280 g/mol. The second-order valence-corrected chi connectivity index (χ2v) is 10.8. The highest BCUT2D eigenvalue weighted by Crippen LogP contribution is 2.46. The molecule has 0 amide bonds. The van der Waals surface area contributed by atoms with Crippen LogP contribution in [0.5, 0.6) is 0 Å². The minimum atomic E-state index is 0. The fraction of sp³-hybridized carbons (Fsp3) is 0.909. The predicted octanol–water partition coefficient (Wildman–Crippen LogP) is 7.75. The van der Waals surface area contributed by atoms with E-state index in [1.54, 1.807) is 0 Å². The molecule has 1 aliphatic heterocycles. The summed E-state index contributed by atoms with van der Waals surface area (Å²) in [6, 6.07) is 0. The van der Waals surface area contributed by atoms with Crippen LogP contribution in [0.2, 0.25) is 0 Å². The first-order chi connectivity index (χ1) is 8.93. The van der Waals surface area contributed by atoms with Crippen LogP contribution >= 0.6 is 0 Å². The van der Waals surface area contributed by atoms with E-state index in [0.29, 0.717) is 33.9 Å². The third-order valence-electron chi connectivity index (χ3n) is 3.28. The molecule has 1 saturated heterocycles. The molecule has 1 nitrogen and oxygen atoms in total. The van der Waals surface area contributed by atoms with Crippen molar-refractivity contribution in [2.24, 2.45) is 21.7 Å². The second-order valence-electron chi connectivity index (χ2n) is 10.8. The average Bonchev–Trinajstić information content (AvgIpc) is 2.90. The Hall–Kier alpha value is -0.300. The van der Waals surface area contributed by atoms with Gasteiger partial charge in [0.25, 0.3) is 0 Å². The van der Waals surface area contributed by atoms with E-state index in [2.05, 4.69) is 95.2 Å². The van der Waals surface area contributed by atoms with Gasteiger partial charge in [-0.3, -0.25) is 0 Å². The molecule has 0 radical (unpaired) electrons. The molecule has 1 heteroatoms. The molecule has 2 unspecified atom stereocenters. The van der Waals surface area contributed by atoms with Crippen LogP contribution in [0.1, 0.15) is 97.9 Å². The van der Waals surface area contributed by atoms with Crippen LogP contribution in [0.4, 0.5) is 0 Å². The summed E-state index contributed by atoms with van der Waals surface area (Å²) in [6.07, 6.45) is 5.49. The normalized spacial score (nSPS) is 21.7. The molecule has 142 valence electrons. The lowest BCUT2D eigenvalue weighted by molar-refractivity contribution is 0.236. The molecule has 0 N–H and O–H groups in total. The number of hydrogen-bond acceptors (Lipinski definition) is 1. The standard InChI is InChI=1S/C10H20O.C10H20.2CH4/c1-9(2,3)7-8(11-7)10(4,5)6;1-9(2,3)7-8-10(4,5)6;;/h7-8H,1-6H3;7-8H,1-6H3;2*1H4/b;8-7-;;. The minimum Gasteiger partial charge on any atom is -0.368 e. The third kappa shape index (κ3) is 13.8. The molecule has 0 aliphatic carbocycles. The van der Waals surface area contributed by atoms with E-state index in [-0.39, 0.29) is 14.9 Å². The first-order valence-electron chi connectivity index (χ1n) is 8.29. The van der Waals surface area contributed by atoms with E-state index in [9.17, 15) is 0 Å². The van der Waals surface area contributed by atoms with Crippen molar-refractivity contribution in [3.8, 4) is 0 Å². The zero-order valence-corrected chi connectivity index (χ0v) is 16.7. The molecule has 1 aliphatic rings. The Kier molecular flexibility index (Phi) is 10.4. The van der Waals surface area contributed by atoms with Crippen LogP contribution in [-0.2, 0) is 4.74 Å². The molecule has 0 bridgehead atoms. The van der Waals surface area contributed by atoms with Crippen molar-refractivity contribution in [3.05, 3.63) is 12.2 Å². The van der Waals surface area contributed by atoms with Gasteiger partial charge in [0.1, 0.15) is 0 Å². The maximum absolute atomic E-state index is 5.65. The highest BCUT2D eigenvalue weighted by molar-refractivity contribution is 5.00. The average molecular weight is 329 g/mol. The molecular formula is C22H48O. The molecule has 1 rings (SSSR count). The summed E-state index contributed by atoms with van der Waals surface area (Å²) < 4.78 is 5.65. The Labute approximate surface area is 149 Å². The van der Waals surface area contributed by atoms with Crippen molar-refractivity contribution in [3.63, 3.8) is 0 Å². The van der Waals surface area contributed by atoms with Gasteiger partial charge in [0.15, 0.2) is 0 Å². The summed E-state index contributed by atoms with van der Waals surface area (Å²) in [7, 11) is 0. The first kappa shape index (κ1) is 27.5. The number of epoxide rings is 1. The van der Waals surface area contributed by atoms with Crippen molar-refractivity contribution in [2.75, 3.05) is 0 Å². The summed E-state index contributed by atoms with van der Waals surface area (Å²) in [5.41, 5.74) is 1.29. The van der Waals surface area contributed by atoms with Crippen LogP contribution in [0.3, 0.4) is 0 Å². The maximum atomic E-state index is 5.65. The Morgan fingerprint density at radius 2 is 0.739 bits per heavy atom. The van der Waals surface area contributed by atoms with Gasteiger partial charge in [-0.25, -0.2) is 0 Å². The Morgan fingerprint density at radius 1 is 0.522 bits per heavy atom. The van der Waals surface area contributed by atoms with Crippen LogP contribution in [0.25, 0.3) is 0 Å². The third-order valence-corrected chi connectivity index (χ3v) is 3.28. The number of allylic oxidation sites excluding steroid dienone is 2. The number of hydrogen-bond donors (Lipinski definition) is 0. The Bertz CT molecular complexity index is 302. The molecule has 1 heterocycles. The van der Waals surface area contributed by atoms with E-state index in [4.69, 9.17) is 4.74 Å². The van der Waals surface area contributed by atoms with Crippen molar-refractivity contribution in [2.45, 2.75) is 110 Å². The van der Waals surface area contributed by atoms with Gasteiger partial charge >= 0.3 is 0 Å². The van der Waals surface area contributed by atoms with E-state index in [1.165, 1.54) is 0 Å². The van der Waals surface area contributed by atoms with Gasteiger partial charge in [0.05, 0.1) is 12.2 Å². The van der Waals surface area contributed by atoms with Crippen molar-refractivity contribution in [1.82, 2.24) is 0 Å². The monoisotopic (exact) mass is 328 g/mol. The van der Waals surface area contributed by atoms with Crippen LogP contribution in [0, 0.1) is 21.7 Å². The predicted molar refractivity (Wildman–Crippen MR) is 109 cm³/mol. The van der Waals surface area contributed by atoms with E-state index < -0.39 is 0 Å². The minimum absolute atomic E-state index is 0. The summed E-state index contributed by atoms with van der Waals surface area (Å²) in [5, 5.41) is 0. The number of rotatable bonds is 0.